The standard InChI is InChI=1S/C12H18F3N3O/c13-12(14,15)7-9-17-10(19-18-9)11(8-16)5-3-1-2-4-6-11/h1-8,16H2. The van der Waals surface area contributed by atoms with E-state index >= 15 is 0 Å². The molecule has 0 unspecified atom stereocenters. The second-order valence-electron chi connectivity index (χ2n) is 5.21. The third-order valence-electron chi connectivity index (χ3n) is 3.73. The van der Waals surface area contributed by atoms with Gasteiger partial charge in [-0.25, -0.2) is 0 Å². The van der Waals surface area contributed by atoms with Gasteiger partial charge in [0.1, 0.15) is 6.42 Å². The predicted molar refractivity (Wildman–Crippen MR) is 62.5 cm³/mol. The zero-order chi connectivity index (χ0) is 13.9. The topological polar surface area (TPSA) is 64.9 Å². The van der Waals surface area contributed by atoms with Crippen LogP contribution in [0.25, 0.3) is 0 Å². The first kappa shape index (κ1) is 14.3. The van der Waals surface area contributed by atoms with Gasteiger partial charge in [-0.2, -0.15) is 18.2 Å². The lowest BCUT2D eigenvalue weighted by molar-refractivity contribution is -0.128. The highest BCUT2D eigenvalue weighted by Crippen LogP contribution is 2.36. The summed E-state index contributed by atoms with van der Waals surface area (Å²) in [6.07, 6.45) is 0.352. The van der Waals surface area contributed by atoms with Crippen molar-refractivity contribution < 1.29 is 17.7 Å². The maximum absolute atomic E-state index is 12.3. The fourth-order valence-electron chi connectivity index (χ4n) is 2.63. The molecular formula is C12H18F3N3O. The van der Waals surface area contributed by atoms with Crippen molar-refractivity contribution in [1.29, 1.82) is 0 Å². The quantitative estimate of drug-likeness (QED) is 0.863. The maximum Gasteiger partial charge on any atom is 0.396 e. The summed E-state index contributed by atoms with van der Waals surface area (Å²) < 4.78 is 41.9. The third-order valence-corrected chi connectivity index (χ3v) is 3.73. The van der Waals surface area contributed by atoms with Crippen LogP contribution in [0.2, 0.25) is 0 Å². The fraction of sp³-hybridized carbons (Fsp3) is 0.833. The highest BCUT2D eigenvalue weighted by Gasteiger charge is 2.38. The number of nitrogens with zero attached hydrogens (tertiary/aromatic N) is 2. The Balaban J connectivity index is 2.19. The molecule has 108 valence electrons. The Labute approximate surface area is 109 Å². The summed E-state index contributed by atoms with van der Waals surface area (Å²) in [5, 5.41) is 3.44. The monoisotopic (exact) mass is 277 g/mol. The van der Waals surface area contributed by atoms with E-state index in [1.165, 1.54) is 0 Å². The molecule has 0 bridgehead atoms. The molecule has 0 amide bonds. The molecule has 1 fully saturated rings. The maximum atomic E-state index is 12.3. The molecular weight excluding hydrogens is 259 g/mol. The highest BCUT2D eigenvalue weighted by atomic mass is 19.4. The second-order valence-corrected chi connectivity index (χ2v) is 5.21. The molecule has 1 aliphatic carbocycles. The molecule has 0 saturated heterocycles. The number of nitrogens with two attached hydrogens (primary N) is 1. The minimum absolute atomic E-state index is 0.274. The Morgan fingerprint density at radius 2 is 1.79 bits per heavy atom. The normalized spacial score (nSPS) is 20.2. The van der Waals surface area contributed by atoms with Crippen LogP contribution in [0.15, 0.2) is 4.52 Å². The van der Waals surface area contributed by atoms with Gasteiger partial charge in [-0.1, -0.05) is 30.8 Å². The van der Waals surface area contributed by atoms with Gasteiger partial charge in [0, 0.05) is 6.54 Å². The number of alkyl halides is 3. The van der Waals surface area contributed by atoms with E-state index in [9.17, 15) is 13.2 Å². The van der Waals surface area contributed by atoms with Crippen molar-refractivity contribution in [3.05, 3.63) is 11.7 Å². The van der Waals surface area contributed by atoms with Gasteiger partial charge in [-0.15, -0.1) is 0 Å². The van der Waals surface area contributed by atoms with Gasteiger partial charge in [-0.3, -0.25) is 0 Å². The summed E-state index contributed by atoms with van der Waals surface area (Å²) in [4.78, 5) is 3.93. The number of hydrogen-bond donors (Lipinski definition) is 1. The van der Waals surface area contributed by atoms with Crippen LogP contribution in [-0.2, 0) is 11.8 Å². The van der Waals surface area contributed by atoms with Gasteiger partial charge < -0.3 is 10.3 Å². The van der Waals surface area contributed by atoms with Crippen molar-refractivity contribution in [1.82, 2.24) is 10.1 Å². The van der Waals surface area contributed by atoms with Crippen LogP contribution in [0.3, 0.4) is 0 Å². The lowest BCUT2D eigenvalue weighted by Gasteiger charge is -2.26. The van der Waals surface area contributed by atoms with E-state index in [1.54, 1.807) is 0 Å². The Hall–Kier alpha value is -1.11. The van der Waals surface area contributed by atoms with Gasteiger partial charge in [0.15, 0.2) is 5.82 Å². The van der Waals surface area contributed by atoms with E-state index in [0.29, 0.717) is 6.54 Å². The molecule has 1 aliphatic rings. The molecule has 1 aromatic heterocycles. The summed E-state index contributed by atoms with van der Waals surface area (Å²) in [6.45, 7) is 0.334. The molecule has 19 heavy (non-hydrogen) atoms. The number of rotatable bonds is 3. The smallest absolute Gasteiger partial charge is 0.339 e. The van der Waals surface area contributed by atoms with E-state index in [4.69, 9.17) is 10.3 Å². The van der Waals surface area contributed by atoms with Gasteiger partial charge in [0.25, 0.3) is 0 Å². The van der Waals surface area contributed by atoms with E-state index in [0.717, 1.165) is 38.5 Å². The summed E-state index contributed by atoms with van der Waals surface area (Å²) in [6, 6.07) is 0. The van der Waals surface area contributed by atoms with Crippen LogP contribution in [0.5, 0.6) is 0 Å². The number of aromatic nitrogens is 2. The highest BCUT2D eigenvalue weighted by molar-refractivity contribution is 5.07. The number of hydrogen-bond acceptors (Lipinski definition) is 4. The number of halogens is 3. The molecule has 0 radical (unpaired) electrons. The molecule has 0 aliphatic heterocycles. The van der Waals surface area contributed by atoms with Gasteiger partial charge in [0.05, 0.1) is 5.41 Å². The molecule has 4 nitrogen and oxygen atoms in total. The first-order valence-corrected chi connectivity index (χ1v) is 6.55. The van der Waals surface area contributed by atoms with Crippen LogP contribution in [-0.4, -0.2) is 22.9 Å². The lowest BCUT2D eigenvalue weighted by atomic mass is 9.80. The minimum atomic E-state index is -4.32. The van der Waals surface area contributed by atoms with Crippen molar-refractivity contribution in [3.8, 4) is 0 Å². The summed E-state index contributed by atoms with van der Waals surface area (Å²) >= 11 is 0. The molecule has 0 aromatic carbocycles. The van der Waals surface area contributed by atoms with Gasteiger partial charge in [0.2, 0.25) is 5.89 Å². The SMILES string of the molecule is NCC1(c2nc(CC(F)(F)F)no2)CCCCCC1. The summed E-state index contributed by atoms with van der Waals surface area (Å²) in [5.74, 6) is -0.0317. The molecule has 2 N–H and O–H groups in total. The summed E-state index contributed by atoms with van der Waals surface area (Å²) in [7, 11) is 0. The Kier molecular flexibility index (Phi) is 4.13. The lowest BCUT2D eigenvalue weighted by Crippen LogP contribution is -2.35. The minimum Gasteiger partial charge on any atom is -0.339 e. The molecule has 1 saturated carbocycles. The van der Waals surface area contributed by atoms with Crippen LogP contribution in [0.4, 0.5) is 13.2 Å². The van der Waals surface area contributed by atoms with Crippen LogP contribution in [0, 0.1) is 0 Å². The fourth-order valence-corrected chi connectivity index (χ4v) is 2.63. The summed E-state index contributed by atoms with van der Waals surface area (Å²) in [5.41, 5.74) is 5.39. The Morgan fingerprint density at radius 3 is 2.32 bits per heavy atom. The molecule has 7 heteroatoms. The Bertz CT molecular complexity index is 409. The van der Waals surface area contributed by atoms with Crippen molar-refractivity contribution in [2.24, 2.45) is 5.73 Å². The van der Waals surface area contributed by atoms with Crippen molar-refractivity contribution in [2.45, 2.75) is 56.5 Å². The molecule has 2 rings (SSSR count). The second kappa shape index (κ2) is 5.48. The third kappa shape index (κ3) is 3.46. The van der Waals surface area contributed by atoms with Crippen molar-refractivity contribution in [3.63, 3.8) is 0 Å². The average Bonchev–Trinajstić information content (AvgIpc) is 2.64. The average molecular weight is 277 g/mol. The molecule has 1 heterocycles. The van der Waals surface area contributed by atoms with E-state index < -0.39 is 18.0 Å². The largest absolute Gasteiger partial charge is 0.396 e. The van der Waals surface area contributed by atoms with Crippen molar-refractivity contribution >= 4 is 0 Å². The van der Waals surface area contributed by atoms with E-state index in [2.05, 4.69) is 10.1 Å². The zero-order valence-corrected chi connectivity index (χ0v) is 10.7. The van der Waals surface area contributed by atoms with E-state index in [-0.39, 0.29) is 11.7 Å². The van der Waals surface area contributed by atoms with Crippen LogP contribution in [0.1, 0.15) is 50.2 Å². The zero-order valence-electron chi connectivity index (χ0n) is 10.7. The molecule has 1 aromatic rings. The van der Waals surface area contributed by atoms with Crippen LogP contribution < -0.4 is 5.73 Å². The molecule has 0 atom stereocenters. The van der Waals surface area contributed by atoms with Crippen molar-refractivity contribution in [2.75, 3.05) is 6.54 Å². The van der Waals surface area contributed by atoms with Gasteiger partial charge in [-0.05, 0) is 12.8 Å². The first-order valence-electron chi connectivity index (χ1n) is 6.55. The van der Waals surface area contributed by atoms with Crippen LogP contribution >= 0.6 is 0 Å². The predicted octanol–water partition coefficient (Wildman–Crippen LogP) is 2.73. The van der Waals surface area contributed by atoms with E-state index in [1.807, 2.05) is 0 Å². The Morgan fingerprint density at radius 1 is 1.16 bits per heavy atom. The molecule has 0 spiro atoms. The first-order chi connectivity index (χ1) is 8.95. The van der Waals surface area contributed by atoms with Gasteiger partial charge >= 0.3 is 6.18 Å².